The molecule has 3 aromatic rings. The highest BCUT2D eigenvalue weighted by Crippen LogP contribution is 2.39. The Kier molecular flexibility index (Phi) is 7.38. The van der Waals surface area contributed by atoms with E-state index in [-0.39, 0.29) is 22.9 Å². The van der Waals surface area contributed by atoms with Crippen LogP contribution in [-0.2, 0) is 4.74 Å². The summed E-state index contributed by atoms with van der Waals surface area (Å²) in [7, 11) is 2.10. The lowest BCUT2D eigenvalue weighted by Gasteiger charge is -2.35. The monoisotopic (exact) mass is 486 g/mol. The molecule has 4 rings (SSSR count). The minimum Gasteiger partial charge on any atom is -0.492 e. The lowest BCUT2D eigenvalue weighted by atomic mass is 10.1. The van der Waals surface area contributed by atoms with E-state index in [0.29, 0.717) is 23.2 Å². The third kappa shape index (κ3) is 4.88. The minimum absolute atomic E-state index is 0.0159. The average molecular weight is 487 g/mol. The van der Waals surface area contributed by atoms with Crippen molar-refractivity contribution in [3.05, 3.63) is 52.9 Å². The molecule has 1 N–H and O–H groups in total. The van der Waals surface area contributed by atoms with Crippen molar-refractivity contribution in [2.45, 2.75) is 13.8 Å². The number of anilines is 3. The van der Waals surface area contributed by atoms with Crippen molar-refractivity contribution in [3.63, 3.8) is 0 Å². The predicted molar refractivity (Wildman–Crippen MR) is 133 cm³/mol. The lowest BCUT2D eigenvalue weighted by molar-refractivity contribution is 0.0527. The van der Waals surface area contributed by atoms with Crippen molar-refractivity contribution in [2.24, 2.45) is 0 Å². The van der Waals surface area contributed by atoms with Crippen LogP contribution >= 0.6 is 11.6 Å². The molecule has 34 heavy (non-hydrogen) atoms. The number of nitrogens with zero attached hydrogens (tertiary/aromatic N) is 3. The highest BCUT2D eigenvalue weighted by molar-refractivity contribution is 6.31. The topological polar surface area (TPSA) is 66.9 Å². The summed E-state index contributed by atoms with van der Waals surface area (Å²) in [5.41, 5.74) is 2.28. The van der Waals surface area contributed by atoms with Gasteiger partial charge in [0.05, 0.1) is 40.8 Å². The number of pyridine rings is 1. The van der Waals surface area contributed by atoms with Crippen molar-refractivity contribution >= 4 is 45.5 Å². The number of carbonyl (C=O) groups excluding carboxylic acids is 1. The number of fused-ring (bicyclic) bond motifs is 1. The van der Waals surface area contributed by atoms with Gasteiger partial charge in [0.25, 0.3) is 0 Å². The Balaban J connectivity index is 1.90. The zero-order valence-electron chi connectivity index (χ0n) is 19.5. The van der Waals surface area contributed by atoms with Gasteiger partial charge in [0.1, 0.15) is 11.3 Å². The fourth-order valence-electron chi connectivity index (χ4n) is 4.01. The third-order valence-corrected chi connectivity index (χ3v) is 6.09. The van der Waals surface area contributed by atoms with Gasteiger partial charge in [-0.2, -0.15) is 0 Å². The number of carbonyl (C=O) groups is 1. The molecule has 180 valence electrons. The van der Waals surface area contributed by atoms with Crippen molar-refractivity contribution in [2.75, 3.05) is 56.7 Å². The van der Waals surface area contributed by atoms with E-state index >= 15 is 0 Å². The van der Waals surface area contributed by atoms with E-state index in [1.165, 1.54) is 12.3 Å². The predicted octanol–water partition coefficient (Wildman–Crippen LogP) is 5.10. The Hall–Kier alpha value is -3.10. The van der Waals surface area contributed by atoms with Crippen LogP contribution in [-0.4, -0.2) is 62.3 Å². The lowest BCUT2D eigenvalue weighted by Crippen LogP contribution is -2.44. The van der Waals surface area contributed by atoms with Crippen LogP contribution in [0.25, 0.3) is 10.9 Å². The zero-order valence-corrected chi connectivity index (χ0v) is 20.3. The Morgan fingerprint density at radius 2 is 1.94 bits per heavy atom. The van der Waals surface area contributed by atoms with Gasteiger partial charge in [-0.25, -0.2) is 9.18 Å². The molecule has 0 amide bonds. The van der Waals surface area contributed by atoms with E-state index in [2.05, 4.69) is 27.1 Å². The summed E-state index contributed by atoms with van der Waals surface area (Å²) in [6, 6.07) is 8.49. The molecule has 1 aliphatic rings. The summed E-state index contributed by atoms with van der Waals surface area (Å²) < 4.78 is 26.0. The summed E-state index contributed by atoms with van der Waals surface area (Å²) in [5.74, 6) is -0.429. The van der Waals surface area contributed by atoms with Crippen LogP contribution < -0.4 is 15.0 Å². The molecule has 0 unspecified atom stereocenters. The SMILES string of the molecule is CCOC(=O)c1cnc2cc(OCC)c(N3CCN(C)CC3)cc2c1Nc1cccc(Cl)c1F. The van der Waals surface area contributed by atoms with Gasteiger partial charge >= 0.3 is 5.97 Å². The Morgan fingerprint density at radius 3 is 2.65 bits per heavy atom. The second-order valence-electron chi connectivity index (χ2n) is 8.05. The largest absolute Gasteiger partial charge is 0.492 e. The first-order valence-electron chi connectivity index (χ1n) is 11.3. The van der Waals surface area contributed by atoms with Crippen molar-refractivity contribution in [1.82, 2.24) is 9.88 Å². The number of rotatable bonds is 7. The number of hydrogen-bond donors (Lipinski definition) is 1. The first-order chi connectivity index (χ1) is 16.4. The van der Waals surface area contributed by atoms with Crippen molar-refractivity contribution < 1.29 is 18.7 Å². The van der Waals surface area contributed by atoms with Crippen LogP contribution in [0.5, 0.6) is 5.75 Å². The van der Waals surface area contributed by atoms with Crippen molar-refractivity contribution in [3.8, 4) is 5.75 Å². The molecular formula is C25H28ClFN4O3. The molecule has 0 radical (unpaired) electrons. The maximum atomic E-state index is 14.8. The van der Waals surface area contributed by atoms with Crippen LogP contribution in [0.1, 0.15) is 24.2 Å². The molecule has 2 heterocycles. The van der Waals surface area contributed by atoms with Crippen LogP contribution in [0.2, 0.25) is 5.02 Å². The summed E-state index contributed by atoms with van der Waals surface area (Å²) in [4.78, 5) is 21.8. The summed E-state index contributed by atoms with van der Waals surface area (Å²) in [6.07, 6.45) is 1.44. The quantitative estimate of drug-likeness (QED) is 0.466. The number of nitrogens with one attached hydrogen (secondary N) is 1. The molecule has 1 aromatic heterocycles. The van der Waals surface area contributed by atoms with E-state index in [0.717, 1.165) is 37.6 Å². The van der Waals surface area contributed by atoms with E-state index < -0.39 is 11.8 Å². The highest BCUT2D eigenvalue weighted by Gasteiger charge is 2.23. The fraction of sp³-hybridized carbons (Fsp3) is 0.360. The van der Waals surface area contributed by atoms with Gasteiger partial charge in [-0.15, -0.1) is 0 Å². The zero-order chi connectivity index (χ0) is 24.2. The molecule has 0 bridgehead atoms. The van der Waals surface area contributed by atoms with E-state index in [4.69, 9.17) is 21.1 Å². The molecule has 0 aliphatic carbocycles. The van der Waals surface area contributed by atoms with Gasteiger partial charge in [0.15, 0.2) is 5.82 Å². The smallest absolute Gasteiger partial charge is 0.341 e. The number of benzene rings is 2. The number of likely N-dealkylation sites (N-methyl/N-ethyl adjacent to an activating group) is 1. The summed E-state index contributed by atoms with van der Waals surface area (Å²) in [5, 5.41) is 3.72. The Morgan fingerprint density at radius 1 is 1.18 bits per heavy atom. The molecule has 1 fully saturated rings. The van der Waals surface area contributed by atoms with Gasteiger partial charge in [-0.1, -0.05) is 17.7 Å². The molecule has 2 aromatic carbocycles. The highest BCUT2D eigenvalue weighted by atomic mass is 35.5. The van der Waals surface area contributed by atoms with Crippen LogP contribution in [0, 0.1) is 5.82 Å². The standard InChI is InChI=1S/C25H28ClFN4O3/c1-4-33-22-14-20-16(13-21(22)31-11-9-30(3)10-12-31)24(17(15-28-20)25(32)34-5-2)29-19-8-6-7-18(26)23(19)27/h6-8,13-15H,4-5,9-12H2,1-3H3,(H,28,29). The molecule has 7 nitrogen and oxygen atoms in total. The first kappa shape index (κ1) is 24.0. The third-order valence-electron chi connectivity index (χ3n) is 5.80. The average Bonchev–Trinajstić information content (AvgIpc) is 2.82. The van der Waals surface area contributed by atoms with E-state index in [1.54, 1.807) is 19.1 Å². The van der Waals surface area contributed by atoms with Crippen LogP contribution in [0.4, 0.5) is 21.5 Å². The molecular weight excluding hydrogens is 459 g/mol. The normalized spacial score (nSPS) is 14.3. The Bertz CT molecular complexity index is 1200. The molecule has 0 saturated carbocycles. The van der Waals surface area contributed by atoms with Gasteiger partial charge in [-0.05, 0) is 39.1 Å². The first-order valence-corrected chi connectivity index (χ1v) is 11.7. The summed E-state index contributed by atoms with van der Waals surface area (Å²) >= 11 is 6.00. The fourth-order valence-corrected chi connectivity index (χ4v) is 4.18. The maximum absolute atomic E-state index is 14.8. The van der Waals surface area contributed by atoms with Gasteiger partial charge in [0, 0.05) is 43.8 Å². The maximum Gasteiger partial charge on any atom is 0.341 e. The van der Waals surface area contributed by atoms with Crippen LogP contribution in [0.3, 0.4) is 0 Å². The van der Waals surface area contributed by atoms with E-state index in [9.17, 15) is 9.18 Å². The van der Waals surface area contributed by atoms with Gasteiger partial charge in [0.2, 0.25) is 0 Å². The van der Waals surface area contributed by atoms with E-state index in [1.807, 2.05) is 19.1 Å². The number of hydrogen-bond acceptors (Lipinski definition) is 7. The minimum atomic E-state index is -0.603. The number of esters is 1. The number of halogens is 2. The molecule has 0 spiro atoms. The second kappa shape index (κ2) is 10.4. The van der Waals surface area contributed by atoms with Gasteiger partial charge < -0.3 is 24.6 Å². The second-order valence-corrected chi connectivity index (χ2v) is 8.46. The molecule has 0 atom stereocenters. The van der Waals surface area contributed by atoms with Gasteiger partial charge in [-0.3, -0.25) is 4.98 Å². The van der Waals surface area contributed by atoms with Crippen LogP contribution in [0.15, 0.2) is 36.5 Å². The Labute approximate surface area is 203 Å². The number of piperazine rings is 1. The molecule has 9 heteroatoms. The molecule has 1 saturated heterocycles. The summed E-state index contributed by atoms with van der Waals surface area (Å²) in [6.45, 7) is 7.88. The number of aromatic nitrogens is 1. The number of ether oxygens (including phenoxy) is 2. The molecule has 1 aliphatic heterocycles. The van der Waals surface area contributed by atoms with Crippen molar-refractivity contribution in [1.29, 1.82) is 0 Å².